The molecule has 1 aromatic carbocycles. The number of hydrogen-bond donors (Lipinski definition) is 0. The zero-order chi connectivity index (χ0) is 30.3. The topological polar surface area (TPSA) is 71.1 Å². The molecule has 0 saturated carbocycles. The van der Waals surface area contributed by atoms with Gasteiger partial charge in [-0.1, -0.05) is 69.7 Å². The number of sulfone groups is 1. The van der Waals surface area contributed by atoms with Gasteiger partial charge in [-0.05, 0) is 82.6 Å². The number of ether oxygens (including phenoxy) is 3. The van der Waals surface area contributed by atoms with Crippen molar-refractivity contribution in [3.05, 3.63) is 54.1 Å². The van der Waals surface area contributed by atoms with Gasteiger partial charge in [-0.2, -0.15) is 0 Å². The summed E-state index contributed by atoms with van der Waals surface area (Å²) < 4.78 is 51.4. The van der Waals surface area contributed by atoms with Crippen LogP contribution in [0.3, 0.4) is 0 Å². The van der Waals surface area contributed by atoms with Crippen molar-refractivity contribution in [1.82, 2.24) is 0 Å². The molecule has 1 heterocycles. The summed E-state index contributed by atoms with van der Waals surface area (Å²) in [6, 6.07) is 12.0. The molecule has 41 heavy (non-hydrogen) atoms. The minimum atomic E-state index is -3.36. The van der Waals surface area contributed by atoms with Gasteiger partial charge in [-0.3, -0.25) is 0 Å². The van der Waals surface area contributed by atoms with Crippen LogP contribution in [-0.2, 0) is 28.5 Å². The van der Waals surface area contributed by atoms with Crippen molar-refractivity contribution in [3.63, 3.8) is 0 Å². The van der Waals surface area contributed by atoms with E-state index in [1.165, 1.54) is 5.57 Å². The molecule has 0 aliphatic carbocycles. The molecule has 0 bridgehead atoms. The molecular formula is C33H56O6SSi. The molecule has 8 heteroatoms. The Labute approximate surface area is 251 Å². The van der Waals surface area contributed by atoms with E-state index < -0.39 is 18.2 Å². The predicted octanol–water partition coefficient (Wildman–Crippen LogP) is 7.76. The SMILES string of the molecule is CCOCCO[C@@H](C[C@H](C)CS(=O)(=O)c1ccccc1)C[C@H]1CC[C@H]([C@@H](/C=C/C=C(C)C)O[Si](CC)(CC)CC)O1. The maximum atomic E-state index is 13.0. The minimum Gasteiger partial charge on any atom is -0.408 e. The van der Waals surface area contributed by atoms with Crippen LogP contribution in [0, 0.1) is 5.92 Å². The van der Waals surface area contributed by atoms with Gasteiger partial charge >= 0.3 is 0 Å². The highest BCUT2D eigenvalue weighted by molar-refractivity contribution is 7.91. The molecule has 0 spiro atoms. The van der Waals surface area contributed by atoms with Crippen molar-refractivity contribution in [2.24, 2.45) is 5.92 Å². The monoisotopic (exact) mass is 608 g/mol. The molecular weight excluding hydrogens is 553 g/mol. The second-order valence-electron chi connectivity index (χ2n) is 11.7. The van der Waals surface area contributed by atoms with E-state index in [4.69, 9.17) is 18.6 Å². The van der Waals surface area contributed by atoms with Gasteiger partial charge in [0.1, 0.15) is 0 Å². The Balaban J connectivity index is 2.10. The standard InChI is InChI=1S/C33H56O6SSi/c1-8-36-22-23-37-30(24-28(7)26-40(34,35)31-17-13-12-14-18-31)25-29-20-21-32(38-29)33(19-15-16-27(5)6)39-41(9-2,10-3)11-4/h12-19,28-30,32-33H,8-11,20-26H2,1-7H3/b19-15+/t28-,29+,30-,32+,33+/m0/s1. The summed E-state index contributed by atoms with van der Waals surface area (Å²) in [6.07, 6.45) is 9.62. The van der Waals surface area contributed by atoms with Gasteiger partial charge in [-0.15, -0.1) is 0 Å². The molecule has 1 saturated heterocycles. The Hall–Kier alpha value is -1.29. The Morgan fingerprint density at radius 3 is 2.34 bits per heavy atom. The van der Waals surface area contributed by atoms with E-state index in [-0.39, 0.29) is 36.1 Å². The van der Waals surface area contributed by atoms with Crippen LogP contribution in [0.15, 0.2) is 59.0 Å². The van der Waals surface area contributed by atoms with Crippen LogP contribution in [0.5, 0.6) is 0 Å². The van der Waals surface area contributed by atoms with Gasteiger partial charge in [0.2, 0.25) is 0 Å². The average Bonchev–Trinajstić information content (AvgIpc) is 3.41. The van der Waals surface area contributed by atoms with Crippen LogP contribution in [0.2, 0.25) is 18.1 Å². The van der Waals surface area contributed by atoms with Crippen molar-refractivity contribution in [2.75, 3.05) is 25.6 Å². The van der Waals surface area contributed by atoms with E-state index in [9.17, 15) is 8.42 Å². The van der Waals surface area contributed by atoms with E-state index in [1.54, 1.807) is 24.3 Å². The fourth-order valence-electron chi connectivity index (χ4n) is 5.59. The molecule has 0 aromatic heterocycles. The van der Waals surface area contributed by atoms with Crippen molar-refractivity contribution in [3.8, 4) is 0 Å². The first kappa shape index (κ1) is 35.9. The zero-order valence-corrected chi connectivity index (χ0v) is 28.5. The van der Waals surface area contributed by atoms with Crippen LogP contribution in [0.4, 0.5) is 0 Å². The fraction of sp³-hybridized carbons (Fsp3) is 0.697. The number of benzene rings is 1. The van der Waals surface area contributed by atoms with Crippen molar-refractivity contribution in [1.29, 1.82) is 0 Å². The highest BCUT2D eigenvalue weighted by atomic mass is 32.2. The van der Waals surface area contributed by atoms with Crippen LogP contribution < -0.4 is 0 Å². The lowest BCUT2D eigenvalue weighted by Gasteiger charge is -2.34. The van der Waals surface area contributed by atoms with Crippen molar-refractivity contribution >= 4 is 18.2 Å². The lowest BCUT2D eigenvalue weighted by molar-refractivity contribution is -0.0538. The fourth-order valence-corrected chi connectivity index (χ4v) is 10.1. The summed E-state index contributed by atoms with van der Waals surface area (Å²) in [6.45, 7) is 16.6. The first-order valence-electron chi connectivity index (χ1n) is 15.7. The van der Waals surface area contributed by atoms with E-state index >= 15 is 0 Å². The van der Waals surface area contributed by atoms with Crippen molar-refractivity contribution < 1.29 is 27.1 Å². The smallest absolute Gasteiger partial charge is 0.193 e. The molecule has 1 aliphatic rings. The van der Waals surface area contributed by atoms with E-state index in [0.29, 0.717) is 31.1 Å². The van der Waals surface area contributed by atoms with Gasteiger partial charge in [-0.25, -0.2) is 8.42 Å². The first-order chi connectivity index (χ1) is 19.6. The molecule has 1 fully saturated rings. The molecule has 1 aliphatic heterocycles. The third kappa shape index (κ3) is 12.5. The van der Waals surface area contributed by atoms with Gasteiger partial charge in [0, 0.05) is 6.61 Å². The Kier molecular flexibility index (Phi) is 16.1. The number of allylic oxidation sites excluding steroid dienone is 3. The molecule has 0 unspecified atom stereocenters. The van der Waals surface area contributed by atoms with Crippen LogP contribution in [0.25, 0.3) is 0 Å². The van der Waals surface area contributed by atoms with Crippen LogP contribution in [0.1, 0.15) is 74.1 Å². The van der Waals surface area contributed by atoms with Gasteiger partial charge < -0.3 is 18.6 Å². The molecule has 234 valence electrons. The maximum Gasteiger partial charge on any atom is 0.193 e. The van der Waals surface area contributed by atoms with E-state index in [0.717, 1.165) is 37.4 Å². The summed E-state index contributed by atoms with van der Waals surface area (Å²) >= 11 is 0. The minimum absolute atomic E-state index is 0.0123. The summed E-state index contributed by atoms with van der Waals surface area (Å²) in [5, 5.41) is 0. The summed E-state index contributed by atoms with van der Waals surface area (Å²) in [5.74, 6) is 0.0436. The zero-order valence-electron chi connectivity index (χ0n) is 26.6. The summed E-state index contributed by atoms with van der Waals surface area (Å²) in [5.41, 5.74) is 1.26. The van der Waals surface area contributed by atoms with Gasteiger partial charge in [0.25, 0.3) is 0 Å². The number of hydrogen-bond acceptors (Lipinski definition) is 6. The Bertz CT molecular complexity index is 1010. The normalized spacial score (nSPS) is 20.3. The molecule has 2 rings (SSSR count). The first-order valence-corrected chi connectivity index (χ1v) is 19.9. The quantitative estimate of drug-likeness (QED) is 0.0856. The average molecular weight is 609 g/mol. The molecule has 0 amide bonds. The highest BCUT2D eigenvalue weighted by Gasteiger charge is 2.38. The molecule has 0 N–H and O–H groups in total. The summed E-state index contributed by atoms with van der Waals surface area (Å²) in [4.78, 5) is 0.376. The summed E-state index contributed by atoms with van der Waals surface area (Å²) in [7, 11) is -5.18. The van der Waals surface area contributed by atoms with Crippen molar-refractivity contribution in [2.45, 2.75) is 122 Å². The second-order valence-corrected chi connectivity index (χ2v) is 18.4. The van der Waals surface area contributed by atoms with E-state index in [2.05, 4.69) is 52.8 Å². The van der Waals surface area contributed by atoms with Gasteiger partial charge in [0.05, 0.1) is 48.3 Å². The lowest BCUT2D eigenvalue weighted by atomic mass is 9.99. The largest absolute Gasteiger partial charge is 0.408 e. The lowest BCUT2D eigenvalue weighted by Crippen LogP contribution is -2.43. The van der Waals surface area contributed by atoms with E-state index in [1.807, 2.05) is 19.9 Å². The Morgan fingerprint density at radius 1 is 1.05 bits per heavy atom. The molecule has 6 nitrogen and oxygen atoms in total. The van der Waals surface area contributed by atoms with Crippen LogP contribution in [-0.4, -0.2) is 66.7 Å². The number of rotatable bonds is 20. The molecule has 5 atom stereocenters. The van der Waals surface area contributed by atoms with Gasteiger partial charge in [0.15, 0.2) is 18.2 Å². The third-order valence-corrected chi connectivity index (χ3v) is 14.8. The molecule has 1 aromatic rings. The maximum absolute atomic E-state index is 13.0. The Morgan fingerprint density at radius 2 is 1.73 bits per heavy atom. The second kappa shape index (κ2) is 18.4. The molecule has 0 radical (unpaired) electrons. The predicted molar refractivity (Wildman–Crippen MR) is 172 cm³/mol. The highest BCUT2D eigenvalue weighted by Crippen LogP contribution is 2.33. The third-order valence-electron chi connectivity index (χ3n) is 8.14. The van der Waals surface area contributed by atoms with Crippen LogP contribution >= 0.6 is 0 Å².